The third-order valence-electron chi connectivity index (χ3n) is 3.76. The maximum Gasteiger partial charge on any atom is 0.251 e. The maximum atomic E-state index is 12.3. The van der Waals surface area contributed by atoms with Gasteiger partial charge in [0.1, 0.15) is 29.7 Å². The fourth-order valence-corrected chi connectivity index (χ4v) is 2.37. The van der Waals surface area contributed by atoms with E-state index in [0.29, 0.717) is 31.1 Å². The highest BCUT2D eigenvalue weighted by molar-refractivity contribution is 5.94. The topological polar surface area (TPSA) is 85.6 Å². The number of methoxy groups -OCH3 is 1. The summed E-state index contributed by atoms with van der Waals surface area (Å²) < 4.78 is 15.9. The number of ether oxygens (including phenoxy) is 2. The van der Waals surface area contributed by atoms with E-state index in [2.05, 4.69) is 15.6 Å². The summed E-state index contributed by atoms with van der Waals surface area (Å²) in [5.74, 6) is 2.70. The number of benzene rings is 1. The summed E-state index contributed by atoms with van der Waals surface area (Å²) in [5.41, 5.74) is 0.524. The van der Waals surface area contributed by atoms with Gasteiger partial charge in [-0.1, -0.05) is 0 Å². The highest BCUT2D eigenvalue weighted by Crippen LogP contribution is 2.16. The number of anilines is 1. The molecule has 2 aromatic heterocycles. The van der Waals surface area contributed by atoms with Gasteiger partial charge in [-0.05, 0) is 48.5 Å². The number of amides is 1. The Hall–Kier alpha value is -3.48. The minimum absolute atomic E-state index is 0.184. The Balaban J connectivity index is 1.43. The summed E-state index contributed by atoms with van der Waals surface area (Å²) in [6.45, 7) is 1.26. The van der Waals surface area contributed by atoms with Gasteiger partial charge in [0.05, 0.1) is 26.5 Å². The molecule has 7 heteroatoms. The van der Waals surface area contributed by atoms with Crippen LogP contribution in [0.3, 0.4) is 0 Å². The molecule has 27 heavy (non-hydrogen) atoms. The quantitative estimate of drug-likeness (QED) is 0.565. The molecular weight excluding hydrogens is 346 g/mol. The Kier molecular flexibility index (Phi) is 6.30. The lowest BCUT2D eigenvalue weighted by atomic mass is 10.2. The number of rotatable bonds is 9. The van der Waals surface area contributed by atoms with Crippen LogP contribution in [0.2, 0.25) is 0 Å². The van der Waals surface area contributed by atoms with E-state index in [9.17, 15) is 4.79 Å². The predicted octanol–water partition coefficient (Wildman–Crippen LogP) is 3.10. The zero-order chi connectivity index (χ0) is 18.9. The van der Waals surface area contributed by atoms with Crippen molar-refractivity contribution in [2.24, 2.45) is 0 Å². The largest absolute Gasteiger partial charge is 0.497 e. The van der Waals surface area contributed by atoms with E-state index >= 15 is 0 Å². The molecule has 1 aromatic carbocycles. The molecule has 0 aliphatic rings. The van der Waals surface area contributed by atoms with E-state index in [1.807, 2.05) is 36.4 Å². The van der Waals surface area contributed by atoms with Crippen molar-refractivity contribution < 1.29 is 18.7 Å². The average Bonchev–Trinajstić information content (AvgIpc) is 3.24. The second-order valence-corrected chi connectivity index (χ2v) is 5.64. The molecule has 3 aromatic rings. The minimum Gasteiger partial charge on any atom is -0.497 e. The van der Waals surface area contributed by atoms with Crippen LogP contribution in [0.25, 0.3) is 0 Å². The molecule has 0 fully saturated rings. The predicted molar refractivity (Wildman–Crippen MR) is 101 cm³/mol. The molecule has 0 atom stereocenters. The van der Waals surface area contributed by atoms with Crippen molar-refractivity contribution in [3.05, 3.63) is 72.3 Å². The fourth-order valence-electron chi connectivity index (χ4n) is 2.37. The fraction of sp³-hybridized carbons (Fsp3) is 0.200. The monoisotopic (exact) mass is 367 g/mol. The molecule has 0 aliphatic carbocycles. The van der Waals surface area contributed by atoms with Crippen molar-refractivity contribution in [1.29, 1.82) is 0 Å². The maximum absolute atomic E-state index is 12.3. The Morgan fingerprint density at radius 1 is 1.15 bits per heavy atom. The van der Waals surface area contributed by atoms with Gasteiger partial charge >= 0.3 is 0 Å². The molecule has 0 bridgehead atoms. The third kappa shape index (κ3) is 5.50. The lowest BCUT2D eigenvalue weighted by molar-refractivity contribution is 0.0947. The van der Waals surface area contributed by atoms with Crippen LogP contribution in [0.15, 0.2) is 65.4 Å². The summed E-state index contributed by atoms with van der Waals surface area (Å²) in [5, 5.41) is 5.95. The van der Waals surface area contributed by atoms with Crippen molar-refractivity contribution in [3.8, 4) is 11.5 Å². The zero-order valence-corrected chi connectivity index (χ0v) is 15.0. The van der Waals surface area contributed by atoms with E-state index in [1.54, 1.807) is 31.7 Å². The van der Waals surface area contributed by atoms with Crippen molar-refractivity contribution in [2.75, 3.05) is 25.6 Å². The number of hydrogen-bond acceptors (Lipinski definition) is 6. The molecule has 0 radical (unpaired) electrons. The Morgan fingerprint density at radius 2 is 1.96 bits per heavy atom. The van der Waals surface area contributed by atoms with Gasteiger partial charge in [-0.2, -0.15) is 0 Å². The van der Waals surface area contributed by atoms with Crippen LogP contribution in [0, 0.1) is 0 Å². The molecule has 3 rings (SSSR count). The summed E-state index contributed by atoms with van der Waals surface area (Å²) >= 11 is 0. The lowest BCUT2D eigenvalue weighted by Gasteiger charge is -2.09. The number of nitrogens with one attached hydrogen (secondary N) is 2. The molecule has 2 heterocycles. The van der Waals surface area contributed by atoms with Gasteiger partial charge in [0, 0.05) is 11.8 Å². The number of aromatic nitrogens is 1. The van der Waals surface area contributed by atoms with Crippen LogP contribution in [0.1, 0.15) is 16.1 Å². The summed E-state index contributed by atoms with van der Waals surface area (Å²) in [6.07, 6.45) is 3.20. The number of pyridine rings is 1. The Morgan fingerprint density at radius 3 is 2.70 bits per heavy atom. The standard InChI is InChI=1S/C20H21N3O4/c1-25-16-4-6-17(7-5-16)27-12-10-22-20(24)15-8-9-21-19(13-15)23-14-18-3-2-11-26-18/h2-9,11,13H,10,12,14H2,1H3,(H,21,23)(H,22,24). The molecule has 0 saturated carbocycles. The van der Waals surface area contributed by atoms with Crippen LogP contribution in [0.4, 0.5) is 5.82 Å². The van der Waals surface area contributed by atoms with Crippen molar-refractivity contribution in [1.82, 2.24) is 10.3 Å². The second kappa shape index (κ2) is 9.28. The van der Waals surface area contributed by atoms with E-state index in [1.165, 1.54) is 0 Å². The van der Waals surface area contributed by atoms with Crippen LogP contribution in [-0.4, -0.2) is 31.2 Å². The first-order valence-corrected chi connectivity index (χ1v) is 8.52. The van der Waals surface area contributed by atoms with Crippen molar-refractivity contribution >= 4 is 11.7 Å². The summed E-state index contributed by atoms with van der Waals surface area (Å²) in [4.78, 5) is 16.5. The molecule has 0 unspecified atom stereocenters. The number of nitrogens with zero attached hydrogens (tertiary/aromatic N) is 1. The van der Waals surface area contributed by atoms with Crippen LogP contribution in [-0.2, 0) is 6.54 Å². The highest BCUT2D eigenvalue weighted by Gasteiger charge is 2.07. The SMILES string of the molecule is COc1ccc(OCCNC(=O)c2ccnc(NCc3ccco3)c2)cc1. The van der Waals surface area contributed by atoms with Gasteiger partial charge < -0.3 is 24.5 Å². The third-order valence-corrected chi connectivity index (χ3v) is 3.76. The number of furan rings is 1. The summed E-state index contributed by atoms with van der Waals surface area (Å²) in [6, 6.07) is 14.3. The normalized spacial score (nSPS) is 10.3. The zero-order valence-electron chi connectivity index (χ0n) is 15.0. The van der Waals surface area contributed by atoms with Gasteiger partial charge in [-0.3, -0.25) is 4.79 Å². The first kappa shape index (κ1) is 18.3. The lowest BCUT2D eigenvalue weighted by Crippen LogP contribution is -2.28. The molecule has 2 N–H and O–H groups in total. The number of hydrogen-bond donors (Lipinski definition) is 2. The van der Waals surface area contributed by atoms with Gasteiger partial charge in [0.15, 0.2) is 0 Å². The average molecular weight is 367 g/mol. The molecular formula is C20H21N3O4. The van der Waals surface area contributed by atoms with E-state index in [-0.39, 0.29) is 5.91 Å². The molecule has 0 saturated heterocycles. The van der Waals surface area contributed by atoms with Crippen molar-refractivity contribution in [3.63, 3.8) is 0 Å². The number of carbonyl (C=O) groups is 1. The molecule has 0 aliphatic heterocycles. The van der Waals surface area contributed by atoms with Gasteiger partial charge in [0.25, 0.3) is 5.91 Å². The van der Waals surface area contributed by atoms with E-state index in [0.717, 1.165) is 17.3 Å². The molecule has 1 amide bonds. The van der Waals surface area contributed by atoms with Crippen LogP contribution < -0.4 is 20.1 Å². The first-order valence-electron chi connectivity index (χ1n) is 8.52. The van der Waals surface area contributed by atoms with Gasteiger partial charge in [0.2, 0.25) is 0 Å². The van der Waals surface area contributed by atoms with E-state index in [4.69, 9.17) is 13.9 Å². The highest BCUT2D eigenvalue weighted by atomic mass is 16.5. The first-order chi connectivity index (χ1) is 13.2. The smallest absolute Gasteiger partial charge is 0.251 e. The second-order valence-electron chi connectivity index (χ2n) is 5.64. The number of carbonyl (C=O) groups excluding carboxylic acids is 1. The van der Waals surface area contributed by atoms with Gasteiger partial charge in [-0.25, -0.2) is 4.98 Å². The van der Waals surface area contributed by atoms with Crippen LogP contribution >= 0.6 is 0 Å². The van der Waals surface area contributed by atoms with Crippen molar-refractivity contribution in [2.45, 2.75) is 6.54 Å². The van der Waals surface area contributed by atoms with Gasteiger partial charge in [-0.15, -0.1) is 0 Å². The van der Waals surface area contributed by atoms with E-state index < -0.39 is 0 Å². The molecule has 0 spiro atoms. The van der Waals surface area contributed by atoms with Crippen LogP contribution in [0.5, 0.6) is 11.5 Å². The molecule has 7 nitrogen and oxygen atoms in total. The molecule has 140 valence electrons. The Bertz CT molecular complexity index is 848. The summed E-state index contributed by atoms with van der Waals surface area (Å²) in [7, 11) is 1.61. The Labute approximate surface area is 157 Å². The minimum atomic E-state index is -0.184.